The lowest BCUT2D eigenvalue weighted by Crippen LogP contribution is -2.14. The Bertz CT molecular complexity index is 550. The molecular weight excluding hydrogens is 244 g/mol. The Morgan fingerprint density at radius 2 is 2.12 bits per heavy atom. The summed E-state index contributed by atoms with van der Waals surface area (Å²) in [4.78, 5) is 11.7. The summed E-state index contributed by atoms with van der Waals surface area (Å²) in [6, 6.07) is 2.96. The van der Waals surface area contributed by atoms with E-state index < -0.39 is 5.91 Å². The average molecular weight is 253 g/mol. The van der Waals surface area contributed by atoms with Crippen LogP contribution in [0.3, 0.4) is 0 Å². The third kappa shape index (κ3) is 2.42. The highest BCUT2D eigenvalue weighted by Crippen LogP contribution is 2.17. The van der Waals surface area contributed by atoms with Gasteiger partial charge in [-0.1, -0.05) is 16.8 Å². The number of anilines is 1. The van der Waals surface area contributed by atoms with Gasteiger partial charge in [0.2, 0.25) is 5.88 Å². The Labute approximate surface area is 102 Å². The molecule has 17 heavy (non-hydrogen) atoms. The molecule has 2 aromatic heterocycles. The van der Waals surface area contributed by atoms with Gasteiger partial charge in [0.1, 0.15) is 0 Å². The maximum atomic E-state index is 11.7. The zero-order valence-corrected chi connectivity index (χ0v) is 9.95. The molecule has 0 atom stereocenters. The number of amides is 1. The molecule has 2 aromatic rings. The quantitative estimate of drug-likeness (QED) is 0.884. The zero-order valence-electron chi connectivity index (χ0n) is 9.19. The number of aromatic nitrogens is 3. The maximum absolute atomic E-state index is 11.7. The van der Waals surface area contributed by atoms with E-state index in [0.29, 0.717) is 5.88 Å². The van der Waals surface area contributed by atoms with Crippen LogP contribution in [-0.4, -0.2) is 21.3 Å². The summed E-state index contributed by atoms with van der Waals surface area (Å²) in [5.74, 6) is -0.113. The fourth-order valence-electron chi connectivity index (χ4n) is 1.14. The van der Waals surface area contributed by atoms with Gasteiger partial charge in [-0.05, 0) is 26.0 Å². The molecule has 0 aromatic carbocycles. The largest absolute Gasteiger partial charge is 0.338 e. The number of nitrogens with one attached hydrogen (secondary N) is 1. The van der Waals surface area contributed by atoms with Crippen molar-refractivity contribution in [3.05, 3.63) is 34.2 Å². The Balaban J connectivity index is 2.17. The molecule has 0 radical (unpaired) electrons. The van der Waals surface area contributed by atoms with E-state index in [1.54, 1.807) is 13.8 Å². The van der Waals surface area contributed by atoms with Crippen molar-refractivity contribution in [1.29, 1.82) is 0 Å². The Kier molecular flexibility index (Phi) is 3.06. The fourth-order valence-corrected chi connectivity index (χ4v) is 1.24. The second-order valence-corrected chi connectivity index (χ2v) is 3.80. The summed E-state index contributed by atoms with van der Waals surface area (Å²) in [6.07, 6.45) is 0. The van der Waals surface area contributed by atoms with Gasteiger partial charge < -0.3 is 4.52 Å². The van der Waals surface area contributed by atoms with E-state index in [4.69, 9.17) is 16.1 Å². The molecule has 0 saturated carbocycles. The zero-order chi connectivity index (χ0) is 12.4. The van der Waals surface area contributed by atoms with Crippen molar-refractivity contribution in [2.75, 3.05) is 5.32 Å². The summed E-state index contributed by atoms with van der Waals surface area (Å²) in [6.45, 7) is 3.59. The van der Waals surface area contributed by atoms with Crippen LogP contribution in [0.5, 0.6) is 0 Å². The van der Waals surface area contributed by atoms with E-state index in [2.05, 4.69) is 20.7 Å². The number of hydrogen-bond donors (Lipinski definition) is 1. The molecule has 2 heterocycles. The molecule has 0 fully saturated rings. The van der Waals surface area contributed by atoms with Crippen molar-refractivity contribution in [1.82, 2.24) is 15.4 Å². The number of halogens is 1. The number of nitrogens with zero attached hydrogens (tertiary/aromatic N) is 3. The van der Waals surface area contributed by atoms with Gasteiger partial charge in [-0.15, -0.1) is 10.2 Å². The third-order valence-electron chi connectivity index (χ3n) is 2.25. The minimum Gasteiger partial charge on any atom is -0.338 e. The van der Waals surface area contributed by atoms with E-state index in [1.165, 1.54) is 12.1 Å². The standard InChI is InChI=1S/C10H9ClN4O2/c1-5-6(2)15-17-10(5)12-9(16)7-3-4-8(11)14-13-7/h3-4H,1-2H3,(H,12,16). The molecule has 0 spiro atoms. The number of hydrogen-bond acceptors (Lipinski definition) is 5. The Morgan fingerprint density at radius 1 is 1.35 bits per heavy atom. The minimum absolute atomic E-state index is 0.155. The highest BCUT2D eigenvalue weighted by molar-refractivity contribution is 6.29. The van der Waals surface area contributed by atoms with Crippen molar-refractivity contribution in [3.8, 4) is 0 Å². The predicted molar refractivity (Wildman–Crippen MR) is 61.0 cm³/mol. The van der Waals surface area contributed by atoms with Gasteiger partial charge >= 0.3 is 0 Å². The predicted octanol–water partition coefficient (Wildman–Crippen LogP) is 1.99. The van der Waals surface area contributed by atoms with Crippen LogP contribution in [0, 0.1) is 13.8 Å². The monoisotopic (exact) mass is 252 g/mol. The average Bonchev–Trinajstić information content (AvgIpc) is 2.62. The van der Waals surface area contributed by atoms with Gasteiger partial charge in [-0.3, -0.25) is 10.1 Å². The maximum Gasteiger partial charge on any atom is 0.278 e. The number of carbonyl (C=O) groups excluding carboxylic acids is 1. The van der Waals surface area contributed by atoms with E-state index in [0.717, 1.165) is 11.3 Å². The third-order valence-corrected chi connectivity index (χ3v) is 2.45. The van der Waals surface area contributed by atoms with E-state index in [9.17, 15) is 4.79 Å². The number of aryl methyl sites for hydroxylation is 1. The minimum atomic E-state index is -0.423. The van der Waals surface area contributed by atoms with Crippen molar-refractivity contribution in [3.63, 3.8) is 0 Å². The molecule has 0 bridgehead atoms. The van der Waals surface area contributed by atoms with E-state index in [-0.39, 0.29) is 10.8 Å². The topological polar surface area (TPSA) is 80.9 Å². The summed E-state index contributed by atoms with van der Waals surface area (Å²) in [5.41, 5.74) is 1.66. The van der Waals surface area contributed by atoms with Crippen LogP contribution in [0.4, 0.5) is 5.88 Å². The Morgan fingerprint density at radius 3 is 2.65 bits per heavy atom. The molecule has 0 aliphatic heterocycles. The molecule has 0 aliphatic rings. The second-order valence-electron chi connectivity index (χ2n) is 3.42. The summed E-state index contributed by atoms with van der Waals surface area (Å²) in [5, 5.41) is 13.7. The van der Waals surface area contributed by atoms with E-state index in [1.807, 2.05) is 0 Å². The van der Waals surface area contributed by atoms with Gasteiger partial charge in [-0.2, -0.15) is 0 Å². The van der Waals surface area contributed by atoms with Crippen LogP contribution in [0.25, 0.3) is 0 Å². The van der Waals surface area contributed by atoms with Gasteiger partial charge in [0.15, 0.2) is 10.8 Å². The van der Waals surface area contributed by atoms with Gasteiger partial charge in [0.05, 0.1) is 5.69 Å². The summed E-state index contributed by atoms with van der Waals surface area (Å²) in [7, 11) is 0. The number of carbonyl (C=O) groups is 1. The highest BCUT2D eigenvalue weighted by atomic mass is 35.5. The molecule has 0 aliphatic carbocycles. The molecule has 7 heteroatoms. The van der Waals surface area contributed by atoms with Crippen molar-refractivity contribution in [2.24, 2.45) is 0 Å². The van der Waals surface area contributed by atoms with Crippen LogP contribution < -0.4 is 5.32 Å². The molecule has 2 rings (SSSR count). The SMILES string of the molecule is Cc1noc(NC(=O)c2ccc(Cl)nn2)c1C. The lowest BCUT2D eigenvalue weighted by Gasteiger charge is -2.00. The highest BCUT2D eigenvalue weighted by Gasteiger charge is 2.14. The molecule has 1 N–H and O–H groups in total. The molecule has 6 nitrogen and oxygen atoms in total. The Hall–Kier alpha value is -1.95. The first-order valence-electron chi connectivity index (χ1n) is 4.81. The normalized spacial score (nSPS) is 10.3. The van der Waals surface area contributed by atoms with Crippen LogP contribution in [-0.2, 0) is 0 Å². The van der Waals surface area contributed by atoms with E-state index >= 15 is 0 Å². The smallest absolute Gasteiger partial charge is 0.278 e. The lowest BCUT2D eigenvalue weighted by atomic mass is 10.3. The van der Waals surface area contributed by atoms with Crippen LogP contribution in [0.15, 0.2) is 16.7 Å². The second kappa shape index (κ2) is 4.50. The first kappa shape index (κ1) is 11.5. The summed E-state index contributed by atoms with van der Waals surface area (Å²) < 4.78 is 4.95. The molecular formula is C10H9ClN4O2. The molecule has 88 valence electrons. The van der Waals surface area contributed by atoms with Crippen molar-refractivity contribution >= 4 is 23.4 Å². The molecule has 1 amide bonds. The van der Waals surface area contributed by atoms with Crippen LogP contribution >= 0.6 is 11.6 Å². The lowest BCUT2D eigenvalue weighted by molar-refractivity contribution is 0.101. The molecule has 0 unspecified atom stereocenters. The summed E-state index contributed by atoms with van der Waals surface area (Å²) >= 11 is 5.57. The van der Waals surface area contributed by atoms with Crippen molar-refractivity contribution < 1.29 is 9.32 Å². The van der Waals surface area contributed by atoms with Gasteiger partial charge in [0.25, 0.3) is 5.91 Å². The first-order valence-corrected chi connectivity index (χ1v) is 5.19. The fraction of sp³-hybridized carbons (Fsp3) is 0.200. The van der Waals surface area contributed by atoms with Gasteiger partial charge in [0, 0.05) is 5.56 Å². The first-order chi connectivity index (χ1) is 8.08. The van der Waals surface area contributed by atoms with Gasteiger partial charge in [-0.25, -0.2) is 0 Å². The number of rotatable bonds is 2. The van der Waals surface area contributed by atoms with Crippen LogP contribution in [0.2, 0.25) is 5.15 Å². The molecule has 0 saturated heterocycles. The van der Waals surface area contributed by atoms with Crippen molar-refractivity contribution in [2.45, 2.75) is 13.8 Å². The van der Waals surface area contributed by atoms with Crippen LogP contribution in [0.1, 0.15) is 21.7 Å².